The van der Waals surface area contributed by atoms with Crippen LogP contribution in [0.5, 0.6) is 0 Å². The summed E-state index contributed by atoms with van der Waals surface area (Å²) in [5, 5.41) is 3.56. The third-order valence-electron chi connectivity index (χ3n) is 3.82. The zero-order valence-electron chi connectivity index (χ0n) is 13.1. The van der Waals surface area contributed by atoms with E-state index in [-0.39, 0.29) is 16.7 Å². The fourth-order valence-corrected chi connectivity index (χ4v) is 3.04. The van der Waals surface area contributed by atoms with Gasteiger partial charge in [0, 0.05) is 13.1 Å². The minimum Gasteiger partial charge on any atom is -0.376 e. The smallest absolute Gasteiger partial charge is 0.0827 e. The predicted molar refractivity (Wildman–Crippen MR) is 79.3 cm³/mol. The zero-order valence-corrected chi connectivity index (χ0v) is 13.1. The standard InChI is InChI=1S/C15H30N2O2/c1-12(2)9-18-8-7-17-15(11-16)10-13(3,4)19-14(15,5)6/h17H,1,7-11,16H2,2-6H3. The van der Waals surface area contributed by atoms with Crippen molar-refractivity contribution in [3.63, 3.8) is 0 Å². The highest BCUT2D eigenvalue weighted by Crippen LogP contribution is 2.44. The first kappa shape index (κ1) is 16.6. The Bertz CT molecular complexity index is 326. The summed E-state index contributed by atoms with van der Waals surface area (Å²) in [6, 6.07) is 0. The molecule has 0 aromatic heterocycles. The predicted octanol–water partition coefficient (Wildman–Crippen LogP) is 1.84. The fraction of sp³-hybridized carbons (Fsp3) is 0.867. The molecule has 4 nitrogen and oxygen atoms in total. The summed E-state index contributed by atoms with van der Waals surface area (Å²) >= 11 is 0. The van der Waals surface area contributed by atoms with Crippen LogP contribution in [-0.4, -0.2) is 43.0 Å². The van der Waals surface area contributed by atoms with Gasteiger partial charge in [-0.25, -0.2) is 0 Å². The van der Waals surface area contributed by atoms with Crippen LogP contribution in [0.2, 0.25) is 0 Å². The molecule has 0 saturated carbocycles. The summed E-state index contributed by atoms with van der Waals surface area (Å²) < 4.78 is 11.7. The summed E-state index contributed by atoms with van der Waals surface area (Å²) in [5.74, 6) is 0. The van der Waals surface area contributed by atoms with Crippen molar-refractivity contribution in [1.82, 2.24) is 5.32 Å². The summed E-state index contributed by atoms with van der Waals surface area (Å²) in [4.78, 5) is 0. The first-order chi connectivity index (χ1) is 8.64. The van der Waals surface area contributed by atoms with Crippen molar-refractivity contribution < 1.29 is 9.47 Å². The van der Waals surface area contributed by atoms with Crippen LogP contribution in [0.1, 0.15) is 41.0 Å². The molecule has 1 aliphatic rings. The van der Waals surface area contributed by atoms with E-state index in [9.17, 15) is 0 Å². The van der Waals surface area contributed by atoms with E-state index >= 15 is 0 Å². The molecule has 0 bridgehead atoms. The summed E-state index contributed by atoms with van der Waals surface area (Å²) in [5.41, 5.74) is 6.46. The van der Waals surface area contributed by atoms with E-state index < -0.39 is 0 Å². The molecule has 0 aromatic carbocycles. The Hall–Kier alpha value is -0.420. The van der Waals surface area contributed by atoms with Gasteiger partial charge in [0.05, 0.1) is 30.0 Å². The van der Waals surface area contributed by atoms with Gasteiger partial charge in [-0.2, -0.15) is 0 Å². The van der Waals surface area contributed by atoms with Crippen LogP contribution >= 0.6 is 0 Å². The minimum atomic E-state index is -0.278. The molecule has 19 heavy (non-hydrogen) atoms. The fourth-order valence-electron chi connectivity index (χ4n) is 3.04. The maximum atomic E-state index is 6.14. The van der Waals surface area contributed by atoms with Crippen LogP contribution in [0.3, 0.4) is 0 Å². The monoisotopic (exact) mass is 270 g/mol. The number of hydrogen-bond acceptors (Lipinski definition) is 4. The summed E-state index contributed by atoms with van der Waals surface area (Å²) in [6.07, 6.45) is 0.907. The van der Waals surface area contributed by atoms with E-state index in [1.807, 2.05) is 6.92 Å². The van der Waals surface area contributed by atoms with Crippen molar-refractivity contribution in [2.24, 2.45) is 5.73 Å². The molecule has 1 atom stereocenters. The van der Waals surface area contributed by atoms with E-state index in [0.717, 1.165) is 18.5 Å². The largest absolute Gasteiger partial charge is 0.376 e. The van der Waals surface area contributed by atoms with Gasteiger partial charge in [-0.3, -0.25) is 0 Å². The topological polar surface area (TPSA) is 56.5 Å². The maximum Gasteiger partial charge on any atom is 0.0827 e. The van der Waals surface area contributed by atoms with E-state index in [2.05, 4.69) is 39.6 Å². The molecule has 3 N–H and O–H groups in total. The highest BCUT2D eigenvalue weighted by Gasteiger charge is 2.56. The van der Waals surface area contributed by atoms with E-state index in [4.69, 9.17) is 15.2 Å². The van der Waals surface area contributed by atoms with Gasteiger partial charge in [-0.05, 0) is 41.0 Å². The molecule has 4 heteroatoms. The van der Waals surface area contributed by atoms with Crippen molar-refractivity contribution in [2.45, 2.75) is 57.8 Å². The van der Waals surface area contributed by atoms with Crippen LogP contribution < -0.4 is 11.1 Å². The van der Waals surface area contributed by atoms with Gasteiger partial charge < -0.3 is 20.5 Å². The highest BCUT2D eigenvalue weighted by molar-refractivity contribution is 5.12. The normalized spacial score (nSPS) is 28.5. The average molecular weight is 270 g/mol. The molecule has 0 amide bonds. The van der Waals surface area contributed by atoms with Gasteiger partial charge in [0.15, 0.2) is 0 Å². The number of ether oxygens (including phenoxy) is 2. The van der Waals surface area contributed by atoms with E-state index in [0.29, 0.717) is 19.8 Å². The van der Waals surface area contributed by atoms with Gasteiger partial charge in [0.2, 0.25) is 0 Å². The van der Waals surface area contributed by atoms with Crippen molar-refractivity contribution in [2.75, 3.05) is 26.3 Å². The molecular weight excluding hydrogens is 240 g/mol. The number of nitrogens with one attached hydrogen (secondary N) is 1. The maximum absolute atomic E-state index is 6.14. The van der Waals surface area contributed by atoms with Crippen LogP contribution in [0, 0.1) is 0 Å². The van der Waals surface area contributed by atoms with Gasteiger partial charge in [0.1, 0.15) is 0 Å². The number of rotatable bonds is 7. The summed E-state index contributed by atoms with van der Waals surface area (Å²) in [6.45, 7) is 16.8. The first-order valence-corrected chi connectivity index (χ1v) is 7.02. The lowest BCUT2D eigenvalue weighted by Gasteiger charge is -2.40. The highest BCUT2D eigenvalue weighted by atomic mass is 16.5. The molecule has 1 saturated heterocycles. The molecule has 1 rings (SSSR count). The molecule has 0 radical (unpaired) electrons. The molecule has 0 aromatic rings. The summed E-state index contributed by atoms with van der Waals surface area (Å²) in [7, 11) is 0. The Balaban J connectivity index is 2.54. The van der Waals surface area contributed by atoms with Crippen LogP contribution in [0.15, 0.2) is 12.2 Å². The van der Waals surface area contributed by atoms with Crippen molar-refractivity contribution in [1.29, 1.82) is 0 Å². The molecule has 112 valence electrons. The molecule has 1 fully saturated rings. The SMILES string of the molecule is C=C(C)COCCNC1(CN)CC(C)(C)OC1(C)C. The molecule has 0 aliphatic carbocycles. The lowest BCUT2D eigenvalue weighted by molar-refractivity contribution is -0.0824. The van der Waals surface area contributed by atoms with Crippen LogP contribution in [-0.2, 0) is 9.47 Å². The first-order valence-electron chi connectivity index (χ1n) is 7.02. The molecule has 0 spiro atoms. The molecular formula is C15H30N2O2. The second-order valence-corrected chi connectivity index (χ2v) is 6.77. The van der Waals surface area contributed by atoms with Crippen LogP contribution in [0.4, 0.5) is 0 Å². The Labute approximate surface area is 117 Å². The zero-order chi connectivity index (χ0) is 14.7. The Morgan fingerprint density at radius 1 is 1.37 bits per heavy atom. The lowest BCUT2D eigenvalue weighted by Crippen LogP contribution is -2.62. The van der Waals surface area contributed by atoms with Gasteiger partial charge in [-0.1, -0.05) is 12.2 Å². The van der Waals surface area contributed by atoms with Gasteiger partial charge >= 0.3 is 0 Å². The number of hydrogen-bond donors (Lipinski definition) is 2. The third-order valence-corrected chi connectivity index (χ3v) is 3.82. The second kappa shape index (κ2) is 5.92. The van der Waals surface area contributed by atoms with E-state index in [1.54, 1.807) is 0 Å². The third kappa shape index (κ3) is 4.02. The molecule has 1 aliphatic heterocycles. The minimum absolute atomic E-state index is 0.144. The van der Waals surface area contributed by atoms with Crippen molar-refractivity contribution >= 4 is 0 Å². The van der Waals surface area contributed by atoms with Crippen molar-refractivity contribution in [3.05, 3.63) is 12.2 Å². The average Bonchev–Trinajstić information content (AvgIpc) is 2.42. The van der Waals surface area contributed by atoms with Crippen LogP contribution in [0.25, 0.3) is 0 Å². The lowest BCUT2D eigenvalue weighted by atomic mass is 9.79. The van der Waals surface area contributed by atoms with Gasteiger partial charge in [0.25, 0.3) is 0 Å². The Kier molecular flexibility index (Phi) is 5.18. The van der Waals surface area contributed by atoms with Crippen molar-refractivity contribution in [3.8, 4) is 0 Å². The van der Waals surface area contributed by atoms with E-state index in [1.165, 1.54) is 0 Å². The van der Waals surface area contributed by atoms with Gasteiger partial charge in [-0.15, -0.1) is 0 Å². The molecule has 1 unspecified atom stereocenters. The molecule has 1 heterocycles. The second-order valence-electron chi connectivity index (χ2n) is 6.77. The Morgan fingerprint density at radius 3 is 2.42 bits per heavy atom. The Morgan fingerprint density at radius 2 is 2.00 bits per heavy atom. The quantitative estimate of drug-likeness (QED) is 0.547. The number of nitrogens with two attached hydrogens (primary N) is 1.